The number of H-pyrrole nitrogens is 2. The first-order valence-corrected chi connectivity index (χ1v) is 9.68. The summed E-state index contributed by atoms with van der Waals surface area (Å²) in [4.78, 5) is 15.5. The minimum atomic E-state index is 0.611. The quantitative estimate of drug-likeness (QED) is 0.334. The summed E-state index contributed by atoms with van der Waals surface area (Å²) in [6.45, 7) is 3.45. The van der Waals surface area contributed by atoms with Gasteiger partial charge >= 0.3 is 0 Å². The third kappa shape index (κ3) is 3.78. The van der Waals surface area contributed by atoms with E-state index >= 15 is 0 Å². The molecule has 0 saturated heterocycles. The molecule has 0 spiro atoms. The monoisotopic (exact) mass is 382 g/mol. The molecule has 144 valence electrons. The molecule has 0 atom stereocenters. The summed E-state index contributed by atoms with van der Waals surface area (Å²) in [5.74, 6) is 1.41. The van der Waals surface area contributed by atoms with Crippen LogP contribution in [0.5, 0.6) is 0 Å². The van der Waals surface area contributed by atoms with Gasteiger partial charge in [-0.3, -0.25) is 0 Å². The molecule has 29 heavy (non-hydrogen) atoms. The molecule has 3 heterocycles. The lowest BCUT2D eigenvalue weighted by atomic mass is 10.1. The molecule has 0 saturated carbocycles. The normalized spacial score (nSPS) is 11.2. The summed E-state index contributed by atoms with van der Waals surface area (Å²) in [6.07, 6.45) is 3.73. The van der Waals surface area contributed by atoms with Gasteiger partial charge < -0.3 is 20.6 Å². The van der Waals surface area contributed by atoms with Gasteiger partial charge in [0, 0.05) is 42.2 Å². The van der Waals surface area contributed by atoms with Crippen LogP contribution in [-0.4, -0.2) is 19.9 Å². The molecular weight excluding hydrogens is 360 g/mol. The molecule has 0 fully saturated rings. The van der Waals surface area contributed by atoms with Crippen molar-refractivity contribution in [1.82, 2.24) is 19.9 Å². The zero-order valence-electron chi connectivity index (χ0n) is 16.2. The zero-order chi connectivity index (χ0) is 19.6. The molecule has 2 aromatic carbocycles. The highest BCUT2D eigenvalue weighted by Crippen LogP contribution is 2.18. The summed E-state index contributed by atoms with van der Waals surface area (Å²) in [5, 5.41) is 9.13. The summed E-state index contributed by atoms with van der Waals surface area (Å²) >= 11 is 0. The Balaban J connectivity index is 1.23. The van der Waals surface area contributed by atoms with Gasteiger partial charge in [0.15, 0.2) is 0 Å². The number of benzene rings is 2. The number of nitrogens with zero attached hydrogens (tertiary/aromatic N) is 2. The average molecular weight is 382 g/mol. The van der Waals surface area contributed by atoms with Crippen molar-refractivity contribution < 1.29 is 0 Å². The van der Waals surface area contributed by atoms with Gasteiger partial charge in [0.05, 0.1) is 0 Å². The topological polar surface area (TPSA) is 81.4 Å². The Kier molecular flexibility index (Phi) is 4.37. The molecule has 5 aromatic rings. The Labute approximate surface area is 168 Å². The van der Waals surface area contributed by atoms with Gasteiger partial charge in [0.2, 0.25) is 5.95 Å². The van der Waals surface area contributed by atoms with Gasteiger partial charge in [-0.25, -0.2) is 4.98 Å². The van der Waals surface area contributed by atoms with Gasteiger partial charge in [0.1, 0.15) is 5.82 Å². The van der Waals surface area contributed by atoms with Crippen LogP contribution in [0.25, 0.3) is 21.8 Å². The number of hydrogen-bond donors (Lipinski definition) is 4. The molecule has 0 radical (unpaired) electrons. The van der Waals surface area contributed by atoms with Crippen molar-refractivity contribution in [2.24, 2.45) is 0 Å². The van der Waals surface area contributed by atoms with Crippen molar-refractivity contribution >= 4 is 33.6 Å². The standard InChI is InChI=1S/C23H22N6/c1-15-10-19-11-16(3-5-20(19)28-15)14-27-23-25-9-7-22(29-23)26-13-17-2-4-18-6-8-24-21(18)12-17/h2-12,24,28H,13-14H2,1H3,(H2,25,26,27,29). The minimum Gasteiger partial charge on any atom is -0.366 e. The Hall–Kier alpha value is -3.80. The maximum absolute atomic E-state index is 4.57. The predicted octanol–water partition coefficient (Wildman–Crippen LogP) is 4.97. The summed E-state index contributed by atoms with van der Waals surface area (Å²) in [6, 6.07) is 18.9. The number of hydrogen-bond acceptors (Lipinski definition) is 4. The van der Waals surface area contributed by atoms with Crippen LogP contribution in [0.4, 0.5) is 11.8 Å². The van der Waals surface area contributed by atoms with E-state index in [0.29, 0.717) is 19.0 Å². The number of anilines is 2. The van der Waals surface area contributed by atoms with Crippen LogP contribution in [0.15, 0.2) is 67.0 Å². The summed E-state index contributed by atoms with van der Waals surface area (Å²) in [7, 11) is 0. The molecule has 5 rings (SSSR count). The number of aromatic nitrogens is 4. The molecule has 0 aliphatic carbocycles. The third-order valence-corrected chi connectivity index (χ3v) is 5.02. The van der Waals surface area contributed by atoms with Crippen LogP contribution in [0.1, 0.15) is 16.8 Å². The Bertz CT molecular complexity index is 1280. The highest BCUT2D eigenvalue weighted by atomic mass is 15.1. The maximum atomic E-state index is 4.57. The fraction of sp³-hybridized carbons (Fsp3) is 0.130. The summed E-state index contributed by atoms with van der Waals surface area (Å²) < 4.78 is 0. The molecule has 0 amide bonds. The number of aromatic amines is 2. The second kappa shape index (κ2) is 7.31. The average Bonchev–Trinajstić information content (AvgIpc) is 3.35. The summed E-state index contributed by atoms with van der Waals surface area (Å²) in [5.41, 5.74) is 5.86. The molecule has 6 heteroatoms. The number of aryl methyl sites for hydroxylation is 1. The van der Waals surface area contributed by atoms with Crippen molar-refractivity contribution in [3.05, 3.63) is 83.8 Å². The van der Waals surface area contributed by atoms with E-state index in [4.69, 9.17) is 0 Å². The van der Waals surface area contributed by atoms with Crippen molar-refractivity contribution in [3.8, 4) is 0 Å². The van der Waals surface area contributed by atoms with E-state index in [1.807, 2.05) is 12.3 Å². The number of rotatable bonds is 6. The Morgan fingerprint density at radius 2 is 1.69 bits per heavy atom. The lowest BCUT2D eigenvalue weighted by Crippen LogP contribution is -2.06. The molecule has 6 nitrogen and oxygen atoms in total. The van der Waals surface area contributed by atoms with Crippen LogP contribution >= 0.6 is 0 Å². The van der Waals surface area contributed by atoms with E-state index in [1.165, 1.54) is 27.6 Å². The highest BCUT2D eigenvalue weighted by Gasteiger charge is 2.03. The van der Waals surface area contributed by atoms with Crippen molar-refractivity contribution in [1.29, 1.82) is 0 Å². The van der Waals surface area contributed by atoms with Gasteiger partial charge in [-0.15, -0.1) is 0 Å². The van der Waals surface area contributed by atoms with Gasteiger partial charge in [0.25, 0.3) is 0 Å². The molecular formula is C23H22N6. The van der Waals surface area contributed by atoms with E-state index < -0.39 is 0 Å². The highest BCUT2D eigenvalue weighted by molar-refractivity contribution is 5.81. The van der Waals surface area contributed by atoms with Crippen LogP contribution in [-0.2, 0) is 13.1 Å². The largest absolute Gasteiger partial charge is 0.366 e. The van der Waals surface area contributed by atoms with E-state index in [1.54, 1.807) is 6.20 Å². The SMILES string of the molecule is Cc1cc2cc(CNc3nccc(NCc4ccc5cc[nH]c5c4)n3)ccc2[nH]1. The van der Waals surface area contributed by atoms with Crippen molar-refractivity contribution in [2.75, 3.05) is 10.6 Å². The maximum Gasteiger partial charge on any atom is 0.224 e. The minimum absolute atomic E-state index is 0.611. The van der Waals surface area contributed by atoms with E-state index in [9.17, 15) is 0 Å². The van der Waals surface area contributed by atoms with E-state index in [-0.39, 0.29) is 0 Å². The van der Waals surface area contributed by atoms with Crippen molar-refractivity contribution in [2.45, 2.75) is 20.0 Å². The smallest absolute Gasteiger partial charge is 0.224 e. The molecule has 3 aromatic heterocycles. The second-order valence-corrected chi connectivity index (χ2v) is 7.25. The van der Waals surface area contributed by atoms with E-state index in [2.05, 4.69) is 86.0 Å². The Morgan fingerprint density at radius 1 is 0.828 bits per heavy atom. The van der Waals surface area contributed by atoms with Crippen LogP contribution < -0.4 is 10.6 Å². The van der Waals surface area contributed by atoms with Crippen LogP contribution in [0.3, 0.4) is 0 Å². The molecule has 4 N–H and O–H groups in total. The zero-order valence-corrected chi connectivity index (χ0v) is 16.2. The van der Waals surface area contributed by atoms with Gasteiger partial charge in [-0.05, 0) is 65.2 Å². The fourth-order valence-electron chi connectivity index (χ4n) is 3.56. The molecule has 0 unspecified atom stereocenters. The Morgan fingerprint density at radius 3 is 2.66 bits per heavy atom. The number of nitrogens with one attached hydrogen (secondary N) is 4. The predicted molar refractivity (Wildman–Crippen MR) is 118 cm³/mol. The molecule has 0 bridgehead atoms. The first-order chi connectivity index (χ1) is 14.2. The number of fused-ring (bicyclic) bond motifs is 2. The third-order valence-electron chi connectivity index (χ3n) is 5.02. The van der Waals surface area contributed by atoms with E-state index in [0.717, 1.165) is 16.9 Å². The van der Waals surface area contributed by atoms with Gasteiger partial charge in [-0.1, -0.05) is 18.2 Å². The van der Waals surface area contributed by atoms with Crippen molar-refractivity contribution in [3.63, 3.8) is 0 Å². The molecule has 0 aliphatic heterocycles. The first kappa shape index (κ1) is 17.3. The van der Waals surface area contributed by atoms with Gasteiger partial charge in [-0.2, -0.15) is 4.98 Å². The lowest BCUT2D eigenvalue weighted by Gasteiger charge is -2.09. The molecule has 0 aliphatic rings. The van der Waals surface area contributed by atoms with Crippen LogP contribution in [0.2, 0.25) is 0 Å². The fourth-order valence-corrected chi connectivity index (χ4v) is 3.56. The van der Waals surface area contributed by atoms with Crippen LogP contribution in [0, 0.1) is 6.92 Å². The first-order valence-electron chi connectivity index (χ1n) is 9.68. The lowest BCUT2D eigenvalue weighted by molar-refractivity contribution is 1.04. The second-order valence-electron chi connectivity index (χ2n) is 7.25.